The summed E-state index contributed by atoms with van der Waals surface area (Å²) >= 11 is 0. The molecule has 1 aliphatic heterocycles. The molecular formula is C9H17NO2. The van der Waals surface area contributed by atoms with Gasteiger partial charge in [-0.2, -0.15) is 0 Å². The number of nitrogens with one attached hydrogen (secondary N) is 1. The fraction of sp³-hybridized carbons (Fsp3) is 0.889. The molecule has 3 heteroatoms. The molecule has 1 N–H and O–H groups in total. The van der Waals surface area contributed by atoms with Gasteiger partial charge in [-0.05, 0) is 12.3 Å². The zero-order chi connectivity index (χ0) is 8.97. The van der Waals surface area contributed by atoms with Crippen LogP contribution in [0, 0.1) is 5.92 Å². The summed E-state index contributed by atoms with van der Waals surface area (Å²) in [5, 5.41) is 2.90. The minimum Gasteiger partial charge on any atom is -0.379 e. The number of rotatable bonds is 4. The van der Waals surface area contributed by atoms with Gasteiger partial charge < -0.3 is 10.1 Å². The van der Waals surface area contributed by atoms with Gasteiger partial charge in [0.15, 0.2) is 0 Å². The first-order valence-corrected chi connectivity index (χ1v) is 4.61. The Bertz CT molecular complexity index is 159. The standard InChI is InChI=1S/C9H17NO2/c1-3-4-12-6-8-7(2)5-9(11)10-8/h7-8H,3-6H2,1-2H3,(H,10,11)/t7-,8-/m1/s1. The van der Waals surface area contributed by atoms with Crippen molar-refractivity contribution in [3.63, 3.8) is 0 Å². The Hall–Kier alpha value is -0.570. The number of hydrogen-bond acceptors (Lipinski definition) is 2. The Morgan fingerprint density at radius 2 is 2.42 bits per heavy atom. The van der Waals surface area contributed by atoms with Gasteiger partial charge in [0.2, 0.25) is 5.91 Å². The quantitative estimate of drug-likeness (QED) is 0.639. The van der Waals surface area contributed by atoms with Crippen molar-refractivity contribution in [3.05, 3.63) is 0 Å². The van der Waals surface area contributed by atoms with Crippen molar-refractivity contribution in [2.24, 2.45) is 5.92 Å². The Morgan fingerprint density at radius 3 is 2.92 bits per heavy atom. The molecule has 0 aromatic rings. The van der Waals surface area contributed by atoms with Gasteiger partial charge in [0.1, 0.15) is 0 Å². The molecule has 1 heterocycles. The van der Waals surface area contributed by atoms with Gasteiger partial charge in [0.05, 0.1) is 12.6 Å². The predicted molar refractivity (Wildman–Crippen MR) is 46.8 cm³/mol. The molecule has 1 aliphatic rings. The topological polar surface area (TPSA) is 38.3 Å². The summed E-state index contributed by atoms with van der Waals surface area (Å²) in [4.78, 5) is 10.9. The SMILES string of the molecule is CCCOC[C@H]1NC(=O)C[C@H]1C. The molecule has 2 atom stereocenters. The summed E-state index contributed by atoms with van der Waals surface area (Å²) in [6.07, 6.45) is 1.69. The second-order valence-electron chi connectivity index (χ2n) is 3.43. The minimum atomic E-state index is 0.160. The summed E-state index contributed by atoms with van der Waals surface area (Å²) in [7, 11) is 0. The third-order valence-electron chi connectivity index (χ3n) is 2.19. The summed E-state index contributed by atoms with van der Waals surface area (Å²) < 4.78 is 5.37. The molecule has 0 saturated carbocycles. The Kier molecular flexibility index (Phi) is 3.53. The first-order valence-electron chi connectivity index (χ1n) is 4.61. The molecule has 1 saturated heterocycles. The summed E-state index contributed by atoms with van der Waals surface area (Å²) in [5.41, 5.74) is 0. The van der Waals surface area contributed by atoms with E-state index >= 15 is 0 Å². The predicted octanol–water partition coefficient (Wildman–Crippen LogP) is 0.938. The van der Waals surface area contributed by atoms with E-state index in [2.05, 4.69) is 19.2 Å². The van der Waals surface area contributed by atoms with Crippen LogP contribution in [0.3, 0.4) is 0 Å². The van der Waals surface area contributed by atoms with E-state index in [1.807, 2.05) is 0 Å². The first kappa shape index (κ1) is 9.52. The van der Waals surface area contributed by atoms with Crippen LogP contribution >= 0.6 is 0 Å². The second-order valence-corrected chi connectivity index (χ2v) is 3.43. The molecule has 3 nitrogen and oxygen atoms in total. The van der Waals surface area contributed by atoms with Crippen LogP contribution in [0.5, 0.6) is 0 Å². The van der Waals surface area contributed by atoms with Crippen molar-refractivity contribution < 1.29 is 9.53 Å². The number of carbonyl (C=O) groups excluding carboxylic acids is 1. The lowest BCUT2D eigenvalue weighted by atomic mass is 10.0. The van der Waals surface area contributed by atoms with E-state index in [1.54, 1.807) is 0 Å². The molecule has 1 rings (SSSR count). The van der Waals surface area contributed by atoms with Gasteiger partial charge >= 0.3 is 0 Å². The summed E-state index contributed by atoms with van der Waals surface area (Å²) in [5.74, 6) is 0.585. The largest absolute Gasteiger partial charge is 0.379 e. The van der Waals surface area contributed by atoms with Gasteiger partial charge in [0, 0.05) is 13.0 Å². The van der Waals surface area contributed by atoms with Gasteiger partial charge in [-0.1, -0.05) is 13.8 Å². The average Bonchev–Trinajstić information content (AvgIpc) is 2.31. The highest BCUT2D eigenvalue weighted by Crippen LogP contribution is 2.15. The highest BCUT2D eigenvalue weighted by molar-refractivity contribution is 5.78. The molecule has 0 radical (unpaired) electrons. The molecule has 0 aliphatic carbocycles. The van der Waals surface area contributed by atoms with Crippen molar-refractivity contribution >= 4 is 5.91 Å². The molecule has 1 fully saturated rings. The smallest absolute Gasteiger partial charge is 0.220 e. The lowest BCUT2D eigenvalue weighted by molar-refractivity contribution is -0.119. The molecule has 0 unspecified atom stereocenters. The van der Waals surface area contributed by atoms with Crippen molar-refractivity contribution in [3.8, 4) is 0 Å². The van der Waals surface area contributed by atoms with E-state index in [1.165, 1.54) is 0 Å². The number of amides is 1. The third-order valence-corrected chi connectivity index (χ3v) is 2.19. The van der Waals surface area contributed by atoms with E-state index in [4.69, 9.17) is 4.74 Å². The molecule has 0 aromatic heterocycles. The van der Waals surface area contributed by atoms with Crippen LogP contribution in [0.4, 0.5) is 0 Å². The monoisotopic (exact) mass is 171 g/mol. The van der Waals surface area contributed by atoms with E-state index in [0.29, 0.717) is 18.9 Å². The van der Waals surface area contributed by atoms with Gasteiger partial charge in [-0.3, -0.25) is 4.79 Å². The van der Waals surface area contributed by atoms with E-state index in [9.17, 15) is 4.79 Å². The van der Waals surface area contributed by atoms with E-state index < -0.39 is 0 Å². The van der Waals surface area contributed by atoms with Crippen LogP contribution < -0.4 is 5.32 Å². The minimum absolute atomic E-state index is 0.160. The Balaban J connectivity index is 2.19. The lowest BCUT2D eigenvalue weighted by Crippen LogP contribution is -2.32. The molecule has 0 spiro atoms. The molecule has 0 aromatic carbocycles. The van der Waals surface area contributed by atoms with Crippen LogP contribution in [0.1, 0.15) is 26.7 Å². The van der Waals surface area contributed by atoms with Crippen molar-refractivity contribution in [1.29, 1.82) is 0 Å². The van der Waals surface area contributed by atoms with Crippen LogP contribution in [0.2, 0.25) is 0 Å². The number of ether oxygens (including phenoxy) is 1. The normalized spacial score (nSPS) is 29.0. The summed E-state index contributed by atoms with van der Waals surface area (Å²) in [6.45, 7) is 5.62. The zero-order valence-corrected chi connectivity index (χ0v) is 7.80. The van der Waals surface area contributed by atoms with Gasteiger partial charge in [0.25, 0.3) is 0 Å². The molecule has 12 heavy (non-hydrogen) atoms. The van der Waals surface area contributed by atoms with Crippen LogP contribution in [-0.2, 0) is 9.53 Å². The second kappa shape index (κ2) is 4.45. The number of carbonyl (C=O) groups is 1. The first-order chi connectivity index (χ1) is 5.74. The van der Waals surface area contributed by atoms with Crippen molar-refractivity contribution in [1.82, 2.24) is 5.32 Å². The molecule has 0 bridgehead atoms. The van der Waals surface area contributed by atoms with Crippen LogP contribution in [0.25, 0.3) is 0 Å². The highest BCUT2D eigenvalue weighted by atomic mass is 16.5. The maximum atomic E-state index is 10.9. The fourth-order valence-electron chi connectivity index (χ4n) is 1.40. The van der Waals surface area contributed by atoms with E-state index in [0.717, 1.165) is 13.0 Å². The summed E-state index contributed by atoms with van der Waals surface area (Å²) in [6, 6.07) is 0.240. The van der Waals surface area contributed by atoms with Gasteiger partial charge in [-0.25, -0.2) is 0 Å². The highest BCUT2D eigenvalue weighted by Gasteiger charge is 2.28. The van der Waals surface area contributed by atoms with Gasteiger partial charge in [-0.15, -0.1) is 0 Å². The van der Waals surface area contributed by atoms with Crippen molar-refractivity contribution in [2.45, 2.75) is 32.7 Å². The molecule has 70 valence electrons. The lowest BCUT2D eigenvalue weighted by Gasteiger charge is -2.14. The van der Waals surface area contributed by atoms with Crippen molar-refractivity contribution in [2.75, 3.05) is 13.2 Å². The van der Waals surface area contributed by atoms with Crippen LogP contribution in [0.15, 0.2) is 0 Å². The average molecular weight is 171 g/mol. The molecule has 1 amide bonds. The molecular weight excluding hydrogens is 154 g/mol. The number of hydrogen-bond donors (Lipinski definition) is 1. The zero-order valence-electron chi connectivity index (χ0n) is 7.80. The Morgan fingerprint density at radius 1 is 1.67 bits per heavy atom. The Labute approximate surface area is 73.5 Å². The maximum absolute atomic E-state index is 10.9. The van der Waals surface area contributed by atoms with E-state index in [-0.39, 0.29) is 11.9 Å². The third kappa shape index (κ3) is 2.48. The van der Waals surface area contributed by atoms with Crippen LogP contribution in [-0.4, -0.2) is 25.2 Å². The maximum Gasteiger partial charge on any atom is 0.220 e. The fourth-order valence-corrected chi connectivity index (χ4v) is 1.40.